The van der Waals surface area contributed by atoms with Crippen LogP contribution in [0.3, 0.4) is 0 Å². The van der Waals surface area contributed by atoms with E-state index in [2.05, 4.69) is 10.4 Å². The summed E-state index contributed by atoms with van der Waals surface area (Å²) in [6, 6.07) is 0.693. The smallest absolute Gasteiger partial charge is 0.256 e. The number of amides is 1. The molecule has 4 fully saturated rings. The Balaban J connectivity index is 1.30. The number of halogens is 1. The van der Waals surface area contributed by atoms with Gasteiger partial charge in [-0.3, -0.25) is 9.48 Å². The van der Waals surface area contributed by atoms with Gasteiger partial charge in [0, 0.05) is 6.04 Å². The Labute approximate surface area is 161 Å². The van der Waals surface area contributed by atoms with Crippen LogP contribution >= 0.6 is 11.6 Å². The van der Waals surface area contributed by atoms with Crippen molar-refractivity contribution in [2.75, 3.05) is 0 Å². The second-order valence-corrected chi connectivity index (χ2v) is 9.70. The number of hydrogen-bond donors (Lipinski definition) is 1. The quantitative estimate of drug-likeness (QED) is 0.809. The van der Waals surface area contributed by atoms with E-state index in [1.54, 1.807) is 6.20 Å². The van der Waals surface area contributed by atoms with Crippen molar-refractivity contribution in [3.05, 3.63) is 16.9 Å². The minimum atomic E-state index is -0.0108. The number of nitrogens with one attached hydrogen (secondary N) is 1. The van der Waals surface area contributed by atoms with Crippen LogP contribution in [0.5, 0.6) is 0 Å². The van der Waals surface area contributed by atoms with Gasteiger partial charge in [0.1, 0.15) is 5.15 Å². The second-order valence-electron chi connectivity index (χ2n) is 9.34. The molecule has 142 valence electrons. The molecule has 1 aromatic rings. The SMILES string of the molecule is O=C(N[C@H]1CCC2CC3CC(C2)C1C3)c1cnn(C2CCCCC2)c1Cl. The molecule has 4 aliphatic rings. The molecule has 3 bridgehead atoms. The monoisotopic (exact) mass is 375 g/mol. The Morgan fingerprint density at radius 1 is 1.04 bits per heavy atom. The van der Waals surface area contributed by atoms with E-state index in [0.29, 0.717) is 28.7 Å². The van der Waals surface area contributed by atoms with E-state index in [1.807, 2.05) is 4.68 Å². The molecule has 1 N–H and O–H groups in total. The van der Waals surface area contributed by atoms with Gasteiger partial charge in [0.05, 0.1) is 17.8 Å². The summed E-state index contributed by atoms with van der Waals surface area (Å²) < 4.78 is 1.90. The van der Waals surface area contributed by atoms with Crippen LogP contribution in [0.25, 0.3) is 0 Å². The molecular weight excluding hydrogens is 346 g/mol. The zero-order chi connectivity index (χ0) is 17.7. The standard InChI is InChI=1S/C21H30ClN3O/c22-20-18(12-23-25(20)16-4-2-1-3-5-16)21(26)24-19-7-6-13-8-14-10-15(9-13)17(19)11-14/h12-17,19H,1-11H2,(H,24,26)/t13?,14?,15?,17?,19-/m0/s1. The van der Waals surface area contributed by atoms with Crippen molar-refractivity contribution in [3.8, 4) is 0 Å². The molecule has 0 spiro atoms. The Hall–Kier alpha value is -1.03. The Morgan fingerprint density at radius 3 is 2.69 bits per heavy atom. The molecule has 1 amide bonds. The Kier molecular flexibility index (Phi) is 4.50. The van der Waals surface area contributed by atoms with Crippen molar-refractivity contribution in [3.63, 3.8) is 0 Å². The van der Waals surface area contributed by atoms with Crippen LogP contribution in [0.4, 0.5) is 0 Å². The van der Waals surface area contributed by atoms with Crippen LogP contribution < -0.4 is 5.32 Å². The van der Waals surface area contributed by atoms with Gasteiger partial charge in [-0.05, 0) is 75.0 Å². The topological polar surface area (TPSA) is 46.9 Å². The van der Waals surface area contributed by atoms with Crippen molar-refractivity contribution < 1.29 is 4.79 Å². The van der Waals surface area contributed by atoms with Crippen LogP contribution in [0, 0.1) is 23.7 Å². The van der Waals surface area contributed by atoms with Gasteiger partial charge in [-0.25, -0.2) is 0 Å². The summed E-state index contributed by atoms with van der Waals surface area (Å²) in [5, 5.41) is 8.39. The normalized spacial score (nSPS) is 36.9. The van der Waals surface area contributed by atoms with Gasteiger partial charge in [0.2, 0.25) is 0 Å². The molecule has 5 heteroatoms. The van der Waals surface area contributed by atoms with E-state index >= 15 is 0 Å². The molecule has 0 aromatic carbocycles. The highest BCUT2D eigenvalue weighted by molar-refractivity contribution is 6.32. The number of nitrogens with zero attached hydrogens (tertiary/aromatic N) is 2. The van der Waals surface area contributed by atoms with E-state index in [4.69, 9.17) is 11.6 Å². The van der Waals surface area contributed by atoms with Gasteiger partial charge in [-0.2, -0.15) is 5.10 Å². The fourth-order valence-electron chi connectivity index (χ4n) is 6.60. The Bertz CT molecular complexity index is 681. The summed E-state index contributed by atoms with van der Waals surface area (Å²) in [4.78, 5) is 13.0. The van der Waals surface area contributed by atoms with Crippen LogP contribution in [-0.4, -0.2) is 21.7 Å². The first-order chi connectivity index (χ1) is 12.7. The predicted octanol–water partition coefficient (Wildman–Crippen LogP) is 4.99. The fraction of sp³-hybridized carbons (Fsp3) is 0.810. The molecule has 5 rings (SSSR count). The van der Waals surface area contributed by atoms with Crippen LogP contribution in [0.2, 0.25) is 5.15 Å². The van der Waals surface area contributed by atoms with Gasteiger partial charge in [-0.15, -0.1) is 0 Å². The van der Waals surface area contributed by atoms with Crippen molar-refractivity contribution in [1.29, 1.82) is 0 Å². The first-order valence-electron chi connectivity index (χ1n) is 10.7. The zero-order valence-electron chi connectivity index (χ0n) is 15.5. The first kappa shape index (κ1) is 17.1. The summed E-state index contributed by atoms with van der Waals surface area (Å²) >= 11 is 6.58. The first-order valence-corrected chi connectivity index (χ1v) is 11.1. The van der Waals surface area contributed by atoms with Gasteiger partial charge < -0.3 is 5.32 Å². The van der Waals surface area contributed by atoms with E-state index in [0.717, 1.165) is 37.0 Å². The second kappa shape index (κ2) is 6.85. The minimum Gasteiger partial charge on any atom is -0.349 e. The molecule has 1 aromatic heterocycles. The van der Waals surface area contributed by atoms with Gasteiger partial charge in [-0.1, -0.05) is 30.9 Å². The average Bonchev–Trinajstić information content (AvgIpc) is 3.15. The maximum atomic E-state index is 13.0. The van der Waals surface area contributed by atoms with E-state index in [1.165, 1.54) is 51.4 Å². The molecule has 1 heterocycles. The zero-order valence-corrected chi connectivity index (χ0v) is 16.3. The highest BCUT2D eigenvalue weighted by atomic mass is 35.5. The number of fused-ring (bicyclic) bond motifs is 2. The Morgan fingerprint density at radius 2 is 1.85 bits per heavy atom. The maximum Gasteiger partial charge on any atom is 0.256 e. The average molecular weight is 376 g/mol. The molecule has 4 saturated carbocycles. The van der Waals surface area contributed by atoms with Gasteiger partial charge in [0.25, 0.3) is 5.91 Å². The molecule has 0 saturated heterocycles. The number of rotatable bonds is 3. The lowest BCUT2D eigenvalue weighted by atomic mass is 9.80. The summed E-state index contributed by atoms with van der Waals surface area (Å²) in [5.74, 6) is 3.34. The summed E-state index contributed by atoms with van der Waals surface area (Å²) in [5.41, 5.74) is 0.571. The fourth-order valence-corrected chi connectivity index (χ4v) is 6.92. The third-order valence-electron chi connectivity index (χ3n) is 7.77. The molecule has 5 atom stereocenters. The van der Waals surface area contributed by atoms with Crippen LogP contribution in [0.15, 0.2) is 6.20 Å². The minimum absolute atomic E-state index is 0.0108. The summed E-state index contributed by atoms with van der Waals surface area (Å²) in [7, 11) is 0. The number of carbonyl (C=O) groups is 1. The van der Waals surface area contributed by atoms with Gasteiger partial charge in [0.15, 0.2) is 0 Å². The number of aromatic nitrogens is 2. The third-order valence-corrected chi connectivity index (χ3v) is 8.15. The molecule has 26 heavy (non-hydrogen) atoms. The molecule has 0 radical (unpaired) electrons. The third kappa shape index (κ3) is 2.98. The number of carbonyl (C=O) groups excluding carboxylic acids is 1. The van der Waals surface area contributed by atoms with Crippen molar-refractivity contribution in [2.45, 2.75) is 82.7 Å². The summed E-state index contributed by atoms with van der Waals surface area (Å²) in [6.45, 7) is 0. The molecule has 0 aliphatic heterocycles. The lowest BCUT2D eigenvalue weighted by Crippen LogP contribution is -2.41. The van der Waals surface area contributed by atoms with E-state index in [9.17, 15) is 4.79 Å². The lowest BCUT2D eigenvalue weighted by Gasteiger charge is -2.27. The predicted molar refractivity (Wildman–Crippen MR) is 102 cm³/mol. The molecule has 4 nitrogen and oxygen atoms in total. The largest absolute Gasteiger partial charge is 0.349 e. The molecular formula is C21H30ClN3O. The van der Waals surface area contributed by atoms with Gasteiger partial charge >= 0.3 is 0 Å². The van der Waals surface area contributed by atoms with Crippen molar-refractivity contribution in [2.24, 2.45) is 23.7 Å². The van der Waals surface area contributed by atoms with Crippen LogP contribution in [0.1, 0.15) is 87.0 Å². The van der Waals surface area contributed by atoms with Crippen molar-refractivity contribution in [1.82, 2.24) is 15.1 Å². The molecule has 4 unspecified atom stereocenters. The van der Waals surface area contributed by atoms with E-state index in [-0.39, 0.29) is 5.91 Å². The highest BCUT2D eigenvalue weighted by Gasteiger charge is 2.46. The summed E-state index contributed by atoms with van der Waals surface area (Å²) in [6.07, 6.45) is 15.7. The van der Waals surface area contributed by atoms with Crippen molar-refractivity contribution >= 4 is 17.5 Å². The lowest BCUT2D eigenvalue weighted by molar-refractivity contribution is 0.0912. The van der Waals surface area contributed by atoms with E-state index < -0.39 is 0 Å². The van der Waals surface area contributed by atoms with Crippen LogP contribution in [-0.2, 0) is 0 Å². The molecule has 4 aliphatic carbocycles. The highest BCUT2D eigenvalue weighted by Crippen LogP contribution is 2.53. The maximum absolute atomic E-state index is 13.0. The number of hydrogen-bond acceptors (Lipinski definition) is 2.